The summed E-state index contributed by atoms with van der Waals surface area (Å²) in [6, 6.07) is 9.44. The van der Waals surface area contributed by atoms with Gasteiger partial charge in [-0.2, -0.15) is 0 Å². The highest BCUT2D eigenvalue weighted by Crippen LogP contribution is 2.21. The Hall–Kier alpha value is -1.78. The molecule has 1 saturated heterocycles. The fraction of sp³-hybridized carbons (Fsp3) is 0.389. The van der Waals surface area contributed by atoms with Crippen molar-refractivity contribution >= 4 is 17.5 Å². The van der Waals surface area contributed by atoms with E-state index in [-0.39, 0.29) is 5.91 Å². The SMILES string of the molecule is Cc1cccc(C(=O)NC[C@@H]2CCN(Cc3ccco3)C2)c1Cl. The van der Waals surface area contributed by atoms with Crippen LogP contribution in [0.2, 0.25) is 5.02 Å². The molecule has 0 aliphatic carbocycles. The topological polar surface area (TPSA) is 45.5 Å². The molecular formula is C18H21ClN2O2. The van der Waals surface area contributed by atoms with Crippen molar-refractivity contribution in [2.24, 2.45) is 5.92 Å². The van der Waals surface area contributed by atoms with Gasteiger partial charge >= 0.3 is 0 Å². The second kappa shape index (κ2) is 7.20. The third-order valence-corrected chi connectivity index (χ3v) is 4.82. The first-order valence-electron chi connectivity index (χ1n) is 7.91. The van der Waals surface area contributed by atoms with Crippen molar-refractivity contribution < 1.29 is 9.21 Å². The molecule has 1 aromatic heterocycles. The van der Waals surface area contributed by atoms with E-state index in [0.717, 1.165) is 37.4 Å². The zero-order valence-corrected chi connectivity index (χ0v) is 14.0. The van der Waals surface area contributed by atoms with Gasteiger partial charge in [-0.25, -0.2) is 0 Å². The van der Waals surface area contributed by atoms with E-state index >= 15 is 0 Å². The number of rotatable bonds is 5. The Kier molecular flexibility index (Phi) is 5.03. The summed E-state index contributed by atoms with van der Waals surface area (Å²) in [4.78, 5) is 14.6. The normalized spacial score (nSPS) is 18.3. The Morgan fingerprint density at radius 1 is 1.39 bits per heavy atom. The van der Waals surface area contributed by atoms with Gasteiger partial charge in [-0.3, -0.25) is 9.69 Å². The van der Waals surface area contributed by atoms with E-state index in [1.807, 2.05) is 31.2 Å². The number of likely N-dealkylation sites (tertiary alicyclic amines) is 1. The van der Waals surface area contributed by atoms with Crippen molar-refractivity contribution in [3.63, 3.8) is 0 Å². The number of nitrogens with zero attached hydrogens (tertiary/aromatic N) is 1. The van der Waals surface area contributed by atoms with Crippen LogP contribution < -0.4 is 5.32 Å². The number of hydrogen-bond donors (Lipinski definition) is 1. The van der Waals surface area contributed by atoms with Crippen molar-refractivity contribution in [3.05, 3.63) is 58.5 Å². The lowest BCUT2D eigenvalue weighted by Gasteiger charge is -2.15. The smallest absolute Gasteiger partial charge is 0.252 e. The van der Waals surface area contributed by atoms with Crippen LogP contribution in [-0.2, 0) is 6.54 Å². The fourth-order valence-electron chi connectivity index (χ4n) is 3.00. The van der Waals surface area contributed by atoms with Gasteiger partial charge in [0.25, 0.3) is 5.91 Å². The van der Waals surface area contributed by atoms with Crippen LogP contribution in [0.1, 0.15) is 28.1 Å². The molecule has 0 radical (unpaired) electrons. The molecule has 0 bridgehead atoms. The van der Waals surface area contributed by atoms with Crippen molar-refractivity contribution in [2.45, 2.75) is 19.9 Å². The van der Waals surface area contributed by atoms with Crippen LogP contribution in [0, 0.1) is 12.8 Å². The minimum absolute atomic E-state index is 0.0943. The number of amides is 1. The van der Waals surface area contributed by atoms with Crippen LogP contribution in [0.3, 0.4) is 0 Å². The molecule has 122 valence electrons. The number of carbonyl (C=O) groups excluding carboxylic acids is 1. The Morgan fingerprint density at radius 3 is 3.04 bits per heavy atom. The summed E-state index contributed by atoms with van der Waals surface area (Å²) in [5, 5.41) is 3.55. The predicted molar refractivity (Wildman–Crippen MR) is 90.6 cm³/mol. The summed E-state index contributed by atoms with van der Waals surface area (Å²) in [6.07, 6.45) is 2.79. The number of hydrogen-bond acceptors (Lipinski definition) is 3. The monoisotopic (exact) mass is 332 g/mol. The summed E-state index contributed by atoms with van der Waals surface area (Å²) >= 11 is 6.21. The highest BCUT2D eigenvalue weighted by molar-refractivity contribution is 6.34. The summed E-state index contributed by atoms with van der Waals surface area (Å²) in [7, 11) is 0. The third kappa shape index (κ3) is 3.95. The van der Waals surface area contributed by atoms with E-state index < -0.39 is 0 Å². The lowest BCUT2D eigenvalue weighted by Crippen LogP contribution is -2.31. The Morgan fingerprint density at radius 2 is 2.26 bits per heavy atom. The maximum atomic E-state index is 12.3. The molecule has 1 aliphatic rings. The van der Waals surface area contributed by atoms with E-state index in [4.69, 9.17) is 16.0 Å². The zero-order chi connectivity index (χ0) is 16.2. The predicted octanol–water partition coefficient (Wildman–Crippen LogP) is 3.49. The summed E-state index contributed by atoms with van der Waals surface area (Å²) in [5.74, 6) is 1.36. The average molecular weight is 333 g/mol. The molecule has 0 saturated carbocycles. The summed E-state index contributed by atoms with van der Waals surface area (Å²) in [6.45, 7) is 5.43. The summed E-state index contributed by atoms with van der Waals surface area (Å²) < 4.78 is 5.38. The van der Waals surface area contributed by atoms with Crippen molar-refractivity contribution in [3.8, 4) is 0 Å². The van der Waals surface area contributed by atoms with Gasteiger partial charge in [-0.15, -0.1) is 0 Å². The molecule has 3 rings (SSSR count). The van der Waals surface area contributed by atoms with Crippen molar-refractivity contribution in [1.29, 1.82) is 0 Å². The Balaban J connectivity index is 1.49. The van der Waals surface area contributed by atoms with Crippen LogP contribution in [-0.4, -0.2) is 30.4 Å². The van der Waals surface area contributed by atoms with Crippen molar-refractivity contribution in [2.75, 3.05) is 19.6 Å². The maximum Gasteiger partial charge on any atom is 0.252 e. The fourth-order valence-corrected chi connectivity index (χ4v) is 3.21. The van der Waals surface area contributed by atoms with Gasteiger partial charge in [0.1, 0.15) is 5.76 Å². The molecule has 0 unspecified atom stereocenters. The highest BCUT2D eigenvalue weighted by atomic mass is 35.5. The Bertz CT molecular complexity index is 670. The molecule has 1 amide bonds. The first-order chi connectivity index (χ1) is 11.1. The van der Waals surface area contributed by atoms with Gasteiger partial charge in [-0.1, -0.05) is 23.7 Å². The number of benzene rings is 1. The van der Waals surface area contributed by atoms with Crippen LogP contribution in [0.5, 0.6) is 0 Å². The summed E-state index contributed by atoms with van der Waals surface area (Å²) in [5.41, 5.74) is 1.47. The van der Waals surface area contributed by atoms with E-state index in [1.165, 1.54) is 0 Å². The van der Waals surface area contributed by atoms with Gasteiger partial charge in [0, 0.05) is 13.1 Å². The molecular weight excluding hydrogens is 312 g/mol. The second-order valence-electron chi connectivity index (χ2n) is 6.12. The number of nitrogens with one attached hydrogen (secondary N) is 1. The second-order valence-corrected chi connectivity index (χ2v) is 6.49. The molecule has 1 aliphatic heterocycles. The van der Waals surface area contributed by atoms with E-state index in [0.29, 0.717) is 23.0 Å². The van der Waals surface area contributed by atoms with E-state index in [9.17, 15) is 4.79 Å². The maximum absolute atomic E-state index is 12.3. The zero-order valence-electron chi connectivity index (χ0n) is 13.2. The minimum atomic E-state index is -0.0943. The van der Waals surface area contributed by atoms with Gasteiger partial charge < -0.3 is 9.73 Å². The van der Waals surface area contributed by atoms with Crippen molar-refractivity contribution in [1.82, 2.24) is 10.2 Å². The molecule has 2 heterocycles. The molecule has 1 fully saturated rings. The van der Waals surface area contributed by atoms with Crippen LogP contribution >= 0.6 is 11.6 Å². The number of carbonyl (C=O) groups is 1. The minimum Gasteiger partial charge on any atom is -0.468 e. The number of furan rings is 1. The van der Waals surface area contributed by atoms with Crippen LogP contribution in [0.4, 0.5) is 0 Å². The van der Waals surface area contributed by atoms with Gasteiger partial charge in [0.2, 0.25) is 0 Å². The lowest BCUT2D eigenvalue weighted by molar-refractivity contribution is 0.0947. The molecule has 5 heteroatoms. The molecule has 0 spiro atoms. The quantitative estimate of drug-likeness (QED) is 0.911. The third-order valence-electron chi connectivity index (χ3n) is 4.32. The molecule has 1 aromatic carbocycles. The van der Waals surface area contributed by atoms with E-state index in [1.54, 1.807) is 12.3 Å². The van der Waals surface area contributed by atoms with E-state index in [2.05, 4.69) is 10.2 Å². The first-order valence-corrected chi connectivity index (χ1v) is 8.29. The highest BCUT2D eigenvalue weighted by Gasteiger charge is 2.24. The molecule has 1 N–H and O–H groups in total. The van der Waals surface area contributed by atoms with Gasteiger partial charge in [0.15, 0.2) is 0 Å². The van der Waals surface area contributed by atoms with Crippen LogP contribution in [0.15, 0.2) is 41.0 Å². The molecule has 1 atom stereocenters. The molecule has 4 nitrogen and oxygen atoms in total. The van der Waals surface area contributed by atoms with Gasteiger partial charge in [-0.05, 0) is 49.6 Å². The Labute approximate surface area is 141 Å². The first kappa shape index (κ1) is 16.1. The number of aryl methyl sites for hydroxylation is 1. The van der Waals surface area contributed by atoms with Crippen LogP contribution in [0.25, 0.3) is 0 Å². The largest absolute Gasteiger partial charge is 0.468 e. The van der Waals surface area contributed by atoms with Gasteiger partial charge in [0.05, 0.1) is 23.4 Å². The standard InChI is InChI=1S/C18H21ClN2O2/c1-13-4-2-6-16(17(13)19)18(22)20-10-14-7-8-21(11-14)12-15-5-3-9-23-15/h2-6,9,14H,7-8,10-12H2,1H3,(H,20,22)/t14-/m0/s1. The molecule has 2 aromatic rings. The lowest BCUT2D eigenvalue weighted by atomic mass is 10.1. The number of halogens is 1. The average Bonchev–Trinajstić information content (AvgIpc) is 3.20. The molecule has 23 heavy (non-hydrogen) atoms.